The van der Waals surface area contributed by atoms with Crippen LogP contribution in [0.1, 0.15) is 13.8 Å². The summed E-state index contributed by atoms with van der Waals surface area (Å²) in [5.41, 5.74) is 0. The van der Waals surface area contributed by atoms with Gasteiger partial charge < -0.3 is 15.4 Å². The molecule has 0 amide bonds. The van der Waals surface area contributed by atoms with Gasteiger partial charge >= 0.3 is 0 Å². The summed E-state index contributed by atoms with van der Waals surface area (Å²) in [6.07, 6.45) is 0. The maximum absolute atomic E-state index is 5.30. The normalized spacial score (nSPS) is 16.9. The Bertz CT molecular complexity index is 194. The van der Waals surface area contributed by atoms with E-state index in [9.17, 15) is 0 Å². The first-order valence-electron chi connectivity index (χ1n) is 6.19. The van der Waals surface area contributed by atoms with Gasteiger partial charge in [0.05, 0.1) is 19.8 Å². The van der Waals surface area contributed by atoms with Gasteiger partial charge in [-0.05, 0) is 13.8 Å². The van der Waals surface area contributed by atoms with Gasteiger partial charge in [0.25, 0.3) is 0 Å². The minimum Gasteiger partial charge on any atom is -0.379 e. The van der Waals surface area contributed by atoms with Crippen LogP contribution in [0.5, 0.6) is 0 Å². The predicted octanol–water partition coefficient (Wildman–Crippen LogP) is -0.106. The van der Waals surface area contributed by atoms with Crippen molar-refractivity contribution >= 4 is 5.96 Å². The minimum atomic E-state index is 0.843. The van der Waals surface area contributed by atoms with Crippen LogP contribution < -0.4 is 10.6 Å². The number of rotatable bonds is 5. The van der Waals surface area contributed by atoms with Crippen LogP contribution in [0.2, 0.25) is 0 Å². The molecule has 94 valence electrons. The second kappa shape index (κ2) is 8.35. The fraction of sp³-hybridized carbons (Fsp3) is 0.909. The molecule has 0 aromatic rings. The molecule has 2 N–H and O–H groups in total. The van der Waals surface area contributed by atoms with E-state index in [-0.39, 0.29) is 0 Å². The Kier molecular flexibility index (Phi) is 6.92. The Morgan fingerprint density at radius 2 is 1.81 bits per heavy atom. The molecule has 0 spiro atoms. The van der Waals surface area contributed by atoms with Gasteiger partial charge in [0.1, 0.15) is 0 Å². The monoisotopic (exact) mass is 228 g/mol. The number of guanidine groups is 1. The van der Waals surface area contributed by atoms with Crippen LogP contribution in [-0.2, 0) is 4.74 Å². The third-order valence-corrected chi connectivity index (χ3v) is 2.48. The highest BCUT2D eigenvalue weighted by Gasteiger charge is 2.08. The molecule has 0 radical (unpaired) electrons. The third kappa shape index (κ3) is 5.32. The number of aliphatic imine (C=N–C) groups is 1. The van der Waals surface area contributed by atoms with E-state index in [1.54, 1.807) is 0 Å². The van der Waals surface area contributed by atoms with E-state index in [1.165, 1.54) is 0 Å². The van der Waals surface area contributed by atoms with Crippen molar-refractivity contribution in [3.8, 4) is 0 Å². The second-order valence-electron chi connectivity index (χ2n) is 3.75. The molecule has 0 aromatic heterocycles. The minimum absolute atomic E-state index is 0.843. The number of hydrogen-bond acceptors (Lipinski definition) is 3. The van der Waals surface area contributed by atoms with E-state index < -0.39 is 0 Å². The quantitative estimate of drug-likeness (QED) is 0.509. The van der Waals surface area contributed by atoms with Crippen LogP contribution in [0.25, 0.3) is 0 Å². The summed E-state index contributed by atoms with van der Waals surface area (Å²) in [7, 11) is 0. The van der Waals surface area contributed by atoms with Crippen molar-refractivity contribution in [3.63, 3.8) is 0 Å². The van der Waals surface area contributed by atoms with Crippen LogP contribution >= 0.6 is 0 Å². The van der Waals surface area contributed by atoms with Gasteiger partial charge in [0, 0.05) is 32.7 Å². The molecule has 0 aliphatic carbocycles. The van der Waals surface area contributed by atoms with Gasteiger partial charge in [0.2, 0.25) is 0 Å². The summed E-state index contributed by atoms with van der Waals surface area (Å²) in [5.74, 6) is 0.915. The van der Waals surface area contributed by atoms with E-state index in [2.05, 4.69) is 34.4 Å². The molecular weight excluding hydrogens is 204 g/mol. The molecule has 1 saturated heterocycles. The molecule has 0 aromatic carbocycles. The predicted molar refractivity (Wildman–Crippen MR) is 66.9 cm³/mol. The second-order valence-corrected chi connectivity index (χ2v) is 3.75. The molecule has 0 bridgehead atoms. The number of hydrogen-bond donors (Lipinski definition) is 2. The zero-order chi connectivity index (χ0) is 11.6. The Labute approximate surface area is 98.3 Å². The number of nitrogens with one attached hydrogen (secondary N) is 2. The van der Waals surface area contributed by atoms with E-state index >= 15 is 0 Å². The Morgan fingerprint density at radius 1 is 1.19 bits per heavy atom. The standard InChI is InChI=1S/C11H24N4O/c1-3-12-11(13-4-2)14-5-6-15-7-9-16-10-8-15/h3-10H2,1-2H3,(H2,12,13,14). The Morgan fingerprint density at radius 3 is 2.38 bits per heavy atom. The number of morpholine rings is 1. The van der Waals surface area contributed by atoms with Crippen molar-refractivity contribution in [1.82, 2.24) is 15.5 Å². The molecule has 16 heavy (non-hydrogen) atoms. The maximum atomic E-state index is 5.30. The van der Waals surface area contributed by atoms with Crippen molar-refractivity contribution < 1.29 is 4.74 Å². The summed E-state index contributed by atoms with van der Waals surface area (Å²) in [5, 5.41) is 6.43. The maximum Gasteiger partial charge on any atom is 0.191 e. The summed E-state index contributed by atoms with van der Waals surface area (Å²) < 4.78 is 5.30. The number of ether oxygens (including phenoxy) is 1. The van der Waals surface area contributed by atoms with Crippen LogP contribution in [-0.4, -0.2) is 63.3 Å². The molecule has 1 heterocycles. The van der Waals surface area contributed by atoms with Crippen molar-refractivity contribution in [2.75, 3.05) is 52.5 Å². The average Bonchev–Trinajstić information content (AvgIpc) is 2.31. The Balaban J connectivity index is 2.20. The highest BCUT2D eigenvalue weighted by molar-refractivity contribution is 5.79. The van der Waals surface area contributed by atoms with E-state index in [0.29, 0.717) is 0 Å². The van der Waals surface area contributed by atoms with Gasteiger partial charge in [-0.2, -0.15) is 0 Å². The van der Waals surface area contributed by atoms with Crippen LogP contribution in [0, 0.1) is 0 Å². The molecule has 0 saturated carbocycles. The fourth-order valence-corrected chi connectivity index (χ4v) is 1.64. The lowest BCUT2D eigenvalue weighted by molar-refractivity contribution is 0.0394. The fourth-order valence-electron chi connectivity index (χ4n) is 1.64. The smallest absolute Gasteiger partial charge is 0.191 e. The van der Waals surface area contributed by atoms with Gasteiger partial charge in [0.15, 0.2) is 5.96 Å². The third-order valence-electron chi connectivity index (χ3n) is 2.48. The zero-order valence-corrected chi connectivity index (χ0v) is 10.5. The number of nitrogens with zero attached hydrogens (tertiary/aromatic N) is 2. The topological polar surface area (TPSA) is 48.9 Å². The van der Waals surface area contributed by atoms with Gasteiger partial charge in [-0.15, -0.1) is 0 Å². The first kappa shape index (κ1) is 13.3. The molecule has 1 aliphatic heterocycles. The molecule has 0 unspecified atom stereocenters. The molecule has 1 fully saturated rings. The van der Waals surface area contributed by atoms with Gasteiger partial charge in [-0.25, -0.2) is 0 Å². The lowest BCUT2D eigenvalue weighted by atomic mass is 10.4. The summed E-state index contributed by atoms with van der Waals surface area (Å²) in [4.78, 5) is 6.90. The van der Waals surface area contributed by atoms with Gasteiger partial charge in [-0.3, -0.25) is 9.89 Å². The molecule has 5 heteroatoms. The van der Waals surface area contributed by atoms with Crippen LogP contribution in [0.3, 0.4) is 0 Å². The summed E-state index contributed by atoms with van der Waals surface area (Å²) in [6, 6.07) is 0. The molecular formula is C11H24N4O. The first-order chi connectivity index (χ1) is 7.86. The van der Waals surface area contributed by atoms with E-state index in [1.807, 2.05) is 0 Å². The summed E-state index contributed by atoms with van der Waals surface area (Å²) in [6.45, 7) is 11.6. The highest BCUT2D eigenvalue weighted by Crippen LogP contribution is 1.95. The van der Waals surface area contributed by atoms with Crippen LogP contribution in [0.15, 0.2) is 4.99 Å². The van der Waals surface area contributed by atoms with Crippen molar-refractivity contribution in [3.05, 3.63) is 0 Å². The average molecular weight is 228 g/mol. The van der Waals surface area contributed by atoms with Gasteiger partial charge in [-0.1, -0.05) is 0 Å². The highest BCUT2D eigenvalue weighted by atomic mass is 16.5. The lowest BCUT2D eigenvalue weighted by Gasteiger charge is -2.25. The van der Waals surface area contributed by atoms with E-state index in [4.69, 9.17) is 4.74 Å². The molecule has 5 nitrogen and oxygen atoms in total. The SMILES string of the molecule is CCNC(=NCCN1CCOCC1)NCC. The van der Waals surface area contributed by atoms with Crippen molar-refractivity contribution in [2.24, 2.45) is 4.99 Å². The molecule has 1 rings (SSSR count). The van der Waals surface area contributed by atoms with Crippen molar-refractivity contribution in [1.29, 1.82) is 0 Å². The first-order valence-corrected chi connectivity index (χ1v) is 6.19. The zero-order valence-electron chi connectivity index (χ0n) is 10.5. The largest absolute Gasteiger partial charge is 0.379 e. The Hall–Kier alpha value is -0.810. The molecule has 0 atom stereocenters. The molecule has 1 aliphatic rings. The van der Waals surface area contributed by atoms with E-state index in [0.717, 1.165) is 58.4 Å². The summed E-state index contributed by atoms with van der Waals surface area (Å²) >= 11 is 0. The van der Waals surface area contributed by atoms with Crippen LogP contribution in [0.4, 0.5) is 0 Å². The lowest BCUT2D eigenvalue weighted by Crippen LogP contribution is -2.40. The van der Waals surface area contributed by atoms with Crippen molar-refractivity contribution in [2.45, 2.75) is 13.8 Å².